The number of fused-ring (bicyclic) bond motifs is 2. The minimum absolute atomic E-state index is 0.454. The molecular weight excluding hydrogens is 248 g/mol. The van der Waals surface area contributed by atoms with Crippen LogP contribution in [0.25, 0.3) is 0 Å². The van der Waals surface area contributed by atoms with E-state index in [0.29, 0.717) is 0 Å². The molecule has 0 bridgehead atoms. The molecule has 0 radical (unpaired) electrons. The van der Waals surface area contributed by atoms with Gasteiger partial charge in [-0.25, -0.2) is 10.4 Å². The number of halogens is 1. The first kappa shape index (κ1) is 12.0. The van der Waals surface area contributed by atoms with Gasteiger partial charge in [-0.2, -0.15) is 0 Å². The second-order valence-electron chi connectivity index (χ2n) is 5.06. The third-order valence-corrected chi connectivity index (χ3v) is 4.04. The van der Waals surface area contributed by atoms with E-state index in [4.69, 9.17) is 11.6 Å². The SMILES string of the molecule is O=C(Cl)N1NCCc2cc3c(cc21)CCCCC3. The van der Waals surface area contributed by atoms with Crippen LogP contribution in [0.1, 0.15) is 36.0 Å². The molecule has 0 fully saturated rings. The molecule has 1 heterocycles. The van der Waals surface area contributed by atoms with Gasteiger partial charge in [0.1, 0.15) is 0 Å². The van der Waals surface area contributed by atoms with Crippen molar-refractivity contribution in [2.24, 2.45) is 0 Å². The zero-order valence-corrected chi connectivity index (χ0v) is 11.1. The summed E-state index contributed by atoms with van der Waals surface area (Å²) in [6, 6.07) is 4.44. The largest absolute Gasteiger partial charge is 0.335 e. The number of carbonyl (C=O) groups is 1. The summed E-state index contributed by atoms with van der Waals surface area (Å²) in [7, 11) is 0. The molecule has 1 aliphatic heterocycles. The molecule has 1 aliphatic carbocycles. The van der Waals surface area contributed by atoms with E-state index in [2.05, 4.69) is 17.6 Å². The van der Waals surface area contributed by atoms with Gasteiger partial charge in [-0.3, -0.25) is 4.79 Å². The monoisotopic (exact) mass is 264 g/mol. The zero-order valence-electron chi connectivity index (χ0n) is 10.3. The summed E-state index contributed by atoms with van der Waals surface area (Å²) in [4.78, 5) is 11.4. The van der Waals surface area contributed by atoms with Crippen LogP contribution in [0.3, 0.4) is 0 Å². The molecular formula is C14H17ClN2O. The fourth-order valence-corrected chi connectivity index (χ4v) is 3.10. The van der Waals surface area contributed by atoms with E-state index in [0.717, 1.165) is 25.1 Å². The first-order valence-electron chi connectivity index (χ1n) is 6.63. The van der Waals surface area contributed by atoms with E-state index < -0.39 is 5.37 Å². The third kappa shape index (κ3) is 2.13. The standard InChI is InChI=1S/C14H17ClN2O/c15-14(18)17-13-9-11-5-3-1-2-4-10(11)8-12(13)6-7-16-17/h8-9,16H,1-7H2. The summed E-state index contributed by atoms with van der Waals surface area (Å²) in [5.41, 5.74) is 8.09. The van der Waals surface area contributed by atoms with Gasteiger partial charge in [0.15, 0.2) is 0 Å². The number of aryl methyl sites for hydroxylation is 2. The van der Waals surface area contributed by atoms with Crippen molar-refractivity contribution in [3.05, 3.63) is 28.8 Å². The Morgan fingerprint density at radius 3 is 2.50 bits per heavy atom. The van der Waals surface area contributed by atoms with Crippen molar-refractivity contribution in [3.63, 3.8) is 0 Å². The number of carbonyl (C=O) groups excluding carboxylic acids is 1. The summed E-state index contributed by atoms with van der Waals surface area (Å²) in [6.45, 7) is 0.768. The van der Waals surface area contributed by atoms with Crippen molar-refractivity contribution in [3.8, 4) is 0 Å². The fourth-order valence-electron chi connectivity index (χ4n) is 2.95. The molecule has 0 spiro atoms. The second kappa shape index (κ2) is 4.90. The molecule has 96 valence electrons. The van der Waals surface area contributed by atoms with Crippen molar-refractivity contribution in [2.75, 3.05) is 11.6 Å². The van der Waals surface area contributed by atoms with E-state index in [1.54, 1.807) is 0 Å². The minimum atomic E-state index is -0.454. The lowest BCUT2D eigenvalue weighted by molar-refractivity contribution is 0.261. The maximum absolute atomic E-state index is 11.4. The molecule has 4 heteroatoms. The van der Waals surface area contributed by atoms with Gasteiger partial charge in [0.2, 0.25) is 0 Å². The molecule has 1 aromatic carbocycles. The van der Waals surface area contributed by atoms with Crippen molar-refractivity contribution < 1.29 is 4.79 Å². The highest BCUT2D eigenvalue weighted by molar-refractivity contribution is 6.66. The quantitative estimate of drug-likeness (QED) is 0.443. The number of hydrogen-bond donors (Lipinski definition) is 1. The second-order valence-corrected chi connectivity index (χ2v) is 5.38. The minimum Gasteiger partial charge on any atom is -0.254 e. The maximum atomic E-state index is 11.4. The topological polar surface area (TPSA) is 32.3 Å². The number of hydrazine groups is 1. The Bertz CT molecular complexity index is 487. The lowest BCUT2D eigenvalue weighted by Gasteiger charge is -2.29. The Kier molecular flexibility index (Phi) is 3.27. The lowest BCUT2D eigenvalue weighted by Crippen LogP contribution is -2.45. The van der Waals surface area contributed by atoms with Crippen molar-refractivity contribution in [2.45, 2.75) is 38.5 Å². The van der Waals surface area contributed by atoms with Crippen LogP contribution >= 0.6 is 11.6 Å². The van der Waals surface area contributed by atoms with Gasteiger partial charge >= 0.3 is 5.37 Å². The van der Waals surface area contributed by atoms with Crippen LogP contribution in [0.15, 0.2) is 12.1 Å². The van der Waals surface area contributed by atoms with E-state index in [9.17, 15) is 4.79 Å². The highest BCUT2D eigenvalue weighted by Crippen LogP contribution is 2.31. The van der Waals surface area contributed by atoms with E-state index in [1.165, 1.54) is 47.4 Å². The highest BCUT2D eigenvalue weighted by Gasteiger charge is 2.23. The molecule has 3 nitrogen and oxygen atoms in total. The van der Waals surface area contributed by atoms with Gasteiger partial charge in [0.25, 0.3) is 0 Å². The smallest absolute Gasteiger partial charge is 0.254 e. The Hall–Kier alpha value is -1.06. The number of anilines is 1. The molecule has 1 N–H and O–H groups in total. The molecule has 1 aromatic rings. The Morgan fingerprint density at radius 2 is 1.78 bits per heavy atom. The zero-order chi connectivity index (χ0) is 12.5. The molecule has 0 saturated carbocycles. The summed E-state index contributed by atoms with van der Waals surface area (Å²) >= 11 is 5.62. The van der Waals surface area contributed by atoms with Gasteiger partial charge in [0.05, 0.1) is 5.69 Å². The van der Waals surface area contributed by atoms with Crippen LogP contribution in [0.5, 0.6) is 0 Å². The summed E-state index contributed by atoms with van der Waals surface area (Å²) < 4.78 is 0. The maximum Gasteiger partial charge on any atom is 0.335 e. The lowest BCUT2D eigenvalue weighted by atomic mass is 9.96. The van der Waals surface area contributed by atoms with Gasteiger partial charge in [0, 0.05) is 6.54 Å². The van der Waals surface area contributed by atoms with E-state index in [1.807, 2.05) is 0 Å². The Labute approximate surface area is 112 Å². The molecule has 3 rings (SSSR count). The molecule has 0 aromatic heterocycles. The molecule has 0 unspecified atom stereocenters. The first-order valence-corrected chi connectivity index (χ1v) is 7.01. The molecule has 1 amide bonds. The predicted octanol–water partition coefficient (Wildman–Crippen LogP) is 3.18. The molecule has 0 atom stereocenters. The highest BCUT2D eigenvalue weighted by atomic mass is 35.5. The first-order chi connectivity index (χ1) is 8.75. The van der Waals surface area contributed by atoms with Crippen molar-refractivity contribution in [1.82, 2.24) is 5.43 Å². The van der Waals surface area contributed by atoms with Crippen LogP contribution < -0.4 is 10.4 Å². The molecule has 2 aliphatic rings. The van der Waals surface area contributed by atoms with Crippen molar-refractivity contribution >= 4 is 22.7 Å². The van der Waals surface area contributed by atoms with Crippen LogP contribution in [0, 0.1) is 0 Å². The average Bonchev–Trinajstić information content (AvgIpc) is 2.59. The Balaban J connectivity index is 2.05. The normalized spacial score (nSPS) is 18.8. The predicted molar refractivity (Wildman–Crippen MR) is 73.1 cm³/mol. The van der Waals surface area contributed by atoms with Gasteiger partial charge in [-0.15, -0.1) is 0 Å². The van der Waals surface area contributed by atoms with Crippen LogP contribution in [-0.2, 0) is 19.3 Å². The summed E-state index contributed by atoms with van der Waals surface area (Å²) in [5.74, 6) is 0. The summed E-state index contributed by atoms with van der Waals surface area (Å²) in [5, 5.41) is 1.02. The van der Waals surface area contributed by atoms with Crippen LogP contribution in [-0.4, -0.2) is 11.9 Å². The number of amides is 1. The summed E-state index contributed by atoms with van der Waals surface area (Å²) in [6.07, 6.45) is 7.08. The van der Waals surface area contributed by atoms with Gasteiger partial charge in [-0.05, 0) is 66.5 Å². The average molecular weight is 265 g/mol. The molecule has 18 heavy (non-hydrogen) atoms. The number of nitrogens with one attached hydrogen (secondary N) is 1. The third-order valence-electron chi connectivity index (χ3n) is 3.87. The number of nitrogens with zero attached hydrogens (tertiary/aromatic N) is 1. The number of hydrogen-bond acceptors (Lipinski definition) is 2. The number of benzene rings is 1. The van der Waals surface area contributed by atoms with Gasteiger partial charge < -0.3 is 0 Å². The van der Waals surface area contributed by atoms with Crippen molar-refractivity contribution in [1.29, 1.82) is 0 Å². The van der Waals surface area contributed by atoms with E-state index in [-0.39, 0.29) is 0 Å². The molecule has 0 saturated heterocycles. The van der Waals surface area contributed by atoms with Crippen LogP contribution in [0.2, 0.25) is 0 Å². The van der Waals surface area contributed by atoms with Crippen LogP contribution in [0.4, 0.5) is 10.5 Å². The van der Waals surface area contributed by atoms with E-state index >= 15 is 0 Å². The Morgan fingerprint density at radius 1 is 1.06 bits per heavy atom. The van der Waals surface area contributed by atoms with Gasteiger partial charge in [-0.1, -0.05) is 12.5 Å². The number of rotatable bonds is 0. The fraction of sp³-hybridized carbons (Fsp3) is 0.500.